The van der Waals surface area contributed by atoms with E-state index in [1.807, 2.05) is 16.9 Å². The molecule has 2 aromatic heterocycles. The highest BCUT2D eigenvalue weighted by molar-refractivity contribution is 6.31. The van der Waals surface area contributed by atoms with Crippen LogP contribution in [-0.2, 0) is 13.0 Å². The first-order chi connectivity index (χ1) is 12.7. The molecule has 0 amide bonds. The Morgan fingerprint density at radius 2 is 2.19 bits per heavy atom. The van der Waals surface area contributed by atoms with Crippen LogP contribution in [0.1, 0.15) is 30.9 Å². The van der Waals surface area contributed by atoms with Gasteiger partial charge in [0.05, 0.1) is 6.20 Å². The summed E-state index contributed by atoms with van der Waals surface area (Å²) in [5, 5.41) is 6.44. The van der Waals surface area contributed by atoms with Gasteiger partial charge >= 0.3 is 0 Å². The molecule has 1 aliphatic rings. The molecule has 3 aromatic rings. The van der Waals surface area contributed by atoms with Crippen molar-refractivity contribution in [3.05, 3.63) is 59.0 Å². The first-order valence-electron chi connectivity index (χ1n) is 9.42. The Labute approximate surface area is 159 Å². The van der Waals surface area contributed by atoms with Crippen molar-refractivity contribution >= 4 is 28.1 Å². The molecule has 4 rings (SSSR count). The molecule has 1 aliphatic heterocycles. The van der Waals surface area contributed by atoms with Crippen LogP contribution in [0, 0.1) is 0 Å². The van der Waals surface area contributed by atoms with Gasteiger partial charge in [-0.25, -0.2) is 0 Å². The summed E-state index contributed by atoms with van der Waals surface area (Å²) in [6.07, 6.45) is 11.9. The van der Waals surface area contributed by atoms with Crippen LogP contribution in [0.2, 0.25) is 5.02 Å². The minimum Gasteiger partial charge on any atom is -0.361 e. The van der Waals surface area contributed by atoms with Crippen LogP contribution in [0.15, 0.2) is 42.9 Å². The predicted octanol–water partition coefficient (Wildman–Crippen LogP) is 4.76. The second kappa shape index (κ2) is 7.68. The lowest BCUT2D eigenvalue weighted by Crippen LogP contribution is -2.30. The summed E-state index contributed by atoms with van der Waals surface area (Å²) in [5.74, 6) is 0. The van der Waals surface area contributed by atoms with E-state index in [1.165, 1.54) is 22.1 Å². The summed E-state index contributed by atoms with van der Waals surface area (Å²) >= 11 is 6.18. The maximum absolute atomic E-state index is 6.18. The Balaban J connectivity index is 1.39. The van der Waals surface area contributed by atoms with Crippen LogP contribution in [-0.4, -0.2) is 39.3 Å². The monoisotopic (exact) mass is 368 g/mol. The number of benzene rings is 1. The molecule has 0 saturated heterocycles. The minimum atomic E-state index is 0.792. The minimum absolute atomic E-state index is 0.792. The summed E-state index contributed by atoms with van der Waals surface area (Å²) in [5.41, 5.74) is 5.20. The molecule has 0 saturated carbocycles. The zero-order valence-electron chi connectivity index (χ0n) is 15.2. The maximum Gasteiger partial charge on any atom is 0.0522 e. The van der Waals surface area contributed by atoms with Gasteiger partial charge in [-0.3, -0.25) is 9.58 Å². The maximum atomic E-state index is 6.18. The van der Waals surface area contributed by atoms with Gasteiger partial charge in [0.15, 0.2) is 0 Å². The molecule has 0 fully saturated rings. The molecule has 26 heavy (non-hydrogen) atoms. The van der Waals surface area contributed by atoms with Crippen LogP contribution >= 0.6 is 11.6 Å². The van der Waals surface area contributed by atoms with Gasteiger partial charge in [0, 0.05) is 60.1 Å². The quantitative estimate of drug-likeness (QED) is 0.681. The van der Waals surface area contributed by atoms with E-state index >= 15 is 0 Å². The number of nitrogens with zero attached hydrogens (tertiary/aromatic N) is 3. The molecule has 136 valence electrons. The predicted molar refractivity (Wildman–Crippen MR) is 109 cm³/mol. The van der Waals surface area contributed by atoms with Crippen molar-refractivity contribution in [1.29, 1.82) is 0 Å². The van der Waals surface area contributed by atoms with Crippen LogP contribution < -0.4 is 0 Å². The zero-order chi connectivity index (χ0) is 17.9. The highest BCUT2D eigenvalue weighted by atomic mass is 35.5. The number of nitrogens with one attached hydrogen (secondary N) is 1. The number of hydrogen-bond donors (Lipinski definition) is 1. The van der Waals surface area contributed by atoms with E-state index in [2.05, 4.69) is 52.5 Å². The Kier molecular flexibility index (Phi) is 5.14. The molecule has 0 radical (unpaired) electrons. The summed E-state index contributed by atoms with van der Waals surface area (Å²) in [7, 11) is 0. The van der Waals surface area contributed by atoms with Gasteiger partial charge in [-0.15, -0.1) is 0 Å². The summed E-state index contributed by atoms with van der Waals surface area (Å²) in [6, 6.07) is 6.04. The average molecular weight is 369 g/mol. The molecule has 3 heterocycles. The van der Waals surface area contributed by atoms with Crippen molar-refractivity contribution in [2.75, 3.05) is 19.6 Å². The number of aromatic amines is 1. The Hall–Kier alpha value is -2.04. The summed E-state index contributed by atoms with van der Waals surface area (Å²) in [6.45, 7) is 6.38. The molecule has 0 spiro atoms. The SMILES string of the molecule is CCCn1cc(CCN2CC=C(c3c[nH]c4ccc(Cl)cc34)CC2)cn1. The molecule has 4 nitrogen and oxygen atoms in total. The van der Waals surface area contributed by atoms with Crippen LogP contribution in [0.25, 0.3) is 16.5 Å². The summed E-state index contributed by atoms with van der Waals surface area (Å²) < 4.78 is 2.05. The third kappa shape index (κ3) is 3.71. The van der Waals surface area contributed by atoms with Gasteiger partial charge in [-0.2, -0.15) is 5.10 Å². The molecule has 1 N–H and O–H groups in total. The van der Waals surface area contributed by atoms with E-state index in [1.54, 1.807) is 0 Å². The first kappa shape index (κ1) is 17.4. The van der Waals surface area contributed by atoms with E-state index < -0.39 is 0 Å². The molecule has 5 heteroatoms. The Morgan fingerprint density at radius 3 is 3.00 bits per heavy atom. The number of halogens is 1. The average Bonchev–Trinajstić information content (AvgIpc) is 3.27. The fourth-order valence-electron chi connectivity index (χ4n) is 3.69. The standard InChI is InChI=1S/C21H25ClN4/c1-2-8-26-15-16(13-24-26)5-9-25-10-6-17(7-11-25)20-14-23-21-4-3-18(22)12-19(20)21/h3-4,6,12-15,23H,2,5,7-11H2,1H3. The van der Waals surface area contributed by atoms with Gasteiger partial charge in [0.2, 0.25) is 0 Å². The van der Waals surface area contributed by atoms with E-state index in [-0.39, 0.29) is 0 Å². The van der Waals surface area contributed by atoms with E-state index in [0.29, 0.717) is 0 Å². The third-order valence-electron chi connectivity index (χ3n) is 5.14. The van der Waals surface area contributed by atoms with E-state index in [4.69, 9.17) is 11.6 Å². The van der Waals surface area contributed by atoms with Crippen molar-refractivity contribution in [2.24, 2.45) is 0 Å². The van der Waals surface area contributed by atoms with Gasteiger partial charge in [-0.05, 0) is 48.6 Å². The van der Waals surface area contributed by atoms with Crippen molar-refractivity contribution in [1.82, 2.24) is 19.7 Å². The fraction of sp³-hybridized carbons (Fsp3) is 0.381. The second-order valence-corrected chi connectivity index (χ2v) is 7.47. The molecule has 0 aliphatic carbocycles. The van der Waals surface area contributed by atoms with Crippen molar-refractivity contribution < 1.29 is 0 Å². The highest BCUT2D eigenvalue weighted by Gasteiger charge is 2.16. The lowest BCUT2D eigenvalue weighted by Gasteiger charge is -2.26. The Bertz CT molecular complexity index is 921. The molecular formula is C21H25ClN4. The number of aromatic nitrogens is 3. The van der Waals surface area contributed by atoms with Crippen LogP contribution in [0.4, 0.5) is 0 Å². The van der Waals surface area contributed by atoms with Crippen LogP contribution in [0.5, 0.6) is 0 Å². The highest BCUT2D eigenvalue weighted by Crippen LogP contribution is 2.30. The van der Waals surface area contributed by atoms with Crippen molar-refractivity contribution in [3.8, 4) is 0 Å². The van der Waals surface area contributed by atoms with Crippen molar-refractivity contribution in [3.63, 3.8) is 0 Å². The molecule has 0 atom stereocenters. The molecule has 0 unspecified atom stereocenters. The normalized spacial score (nSPS) is 15.5. The van der Waals surface area contributed by atoms with E-state index in [9.17, 15) is 0 Å². The fourth-order valence-corrected chi connectivity index (χ4v) is 3.86. The first-order valence-corrected chi connectivity index (χ1v) is 9.80. The number of H-pyrrole nitrogens is 1. The Morgan fingerprint density at radius 1 is 1.27 bits per heavy atom. The molecule has 0 bridgehead atoms. The van der Waals surface area contributed by atoms with E-state index in [0.717, 1.165) is 56.0 Å². The zero-order valence-corrected chi connectivity index (χ0v) is 16.0. The number of hydrogen-bond acceptors (Lipinski definition) is 2. The third-order valence-corrected chi connectivity index (χ3v) is 5.37. The summed E-state index contributed by atoms with van der Waals surface area (Å²) in [4.78, 5) is 5.88. The topological polar surface area (TPSA) is 36.9 Å². The van der Waals surface area contributed by atoms with Gasteiger partial charge in [0.1, 0.15) is 0 Å². The largest absolute Gasteiger partial charge is 0.361 e. The smallest absolute Gasteiger partial charge is 0.0522 e. The van der Waals surface area contributed by atoms with Gasteiger partial charge in [-0.1, -0.05) is 24.6 Å². The lowest BCUT2D eigenvalue weighted by atomic mass is 9.99. The van der Waals surface area contributed by atoms with Gasteiger partial charge < -0.3 is 4.98 Å². The lowest BCUT2D eigenvalue weighted by molar-refractivity contribution is 0.306. The number of aryl methyl sites for hydroxylation is 1. The second-order valence-electron chi connectivity index (χ2n) is 7.03. The number of fused-ring (bicyclic) bond motifs is 1. The molecule has 1 aromatic carbocycles. The van der Waals surface area contributed by atoms with Crippen LogP contribution in [0.3, 0.4) is 0 Å². The van der Waals surface area contributed by atoms with Gasteiger partial charge in [0.25, 0.3) is 0 Å². The molecular weight excluding hydrogens is 344 g/mol. The van der Waals surface area contributed by atoms with Crippen molar-refractivity contribution in [2.45, 2.75) is 32.7 Å². The number of rotatable bonds is 6.